The van der Waals surface area contributed by atoms with Gasteiger partial charge < -0.3 is 16.8 Å². The van der Waals surface area contributed by atoms with Crippen LogP contribution in [0, 0.1) is 5.92 Å². The number of anilines is 2. The molecular formula is C18H29N6+. The molecule has 6 nitrogen and oxygen atoms in total. The first-order chi connectivity index (χ1) is 11.5. The molecule has 1 heterocycles. The molecule has 1 atom stereocenters. The largest absolute Gasteiger partial charge is 0.368 e. The van der Waals surface area contributed by atoms with Gasteiger partial charge in [-0.05, 0) is 18.4 Å². The summed E-state index contributed by atoms with van der Waals surface area (Å²) in [6.45, 7) is 7.29. The van der Waals surface area contributed by atoms with E-state index in [9.17, 15) is 0 Å². The molecule has 0 fully saturated rings. The number of nitrogen functional groups attached to an aromatic ring is 2. The minimum absolute atomic E-state index is 0.173. The van der Waals surface area contributed by atoms with E-state index in [1.165, 1.54) is 24.0 Å². The van der Waals surface area contributed by atoms with Crippen molar-refractivity contribution in [1.29, 1.82) is 0 Å². The molecule has 130 valence electrons. The van der Waals surface area contributed by atoms with Crippen LogP contribution in [0.4, 0.5) is 11.9 Å². The summed E-state index contributed by atoms with van der Waals surface area (Å²) < 4.78 is 0. The molecule has 0 aliphatic rings. The van der Waals surface area contributed by atoms with Gasteiger partial charge in [0.15, 0.2) is 5.82 Å². The van der Waals surface area contributed by atoms with Crippen LogP contribution in [0.25, 0.3) is 0 Å². The lowest BCUT2D eigenvalue weighted by Crippen LogP contribution is -2.85. The molecule has 0 aliphatic heterocycles. The van der Waals surface area contributed by atoms with Crippen molar-refractivity contribution in [3.63, 3.8) is 0 Å². The zero-order valence-electron chi connectivity index (χ0n) is 14.9. The molecule has 2 aromatic rings. The van der Waals surface area contributed by atoms with E-state index in [4.69, 9.17) is 11.5 Å². The van der Waals surface area contributed by atoms with Crippen LogP contribution in [0.1, 0.15) is 56.6 Å². The number of aryl methyl sites for hydroxylation is 1. The van der Waals surface area contributed by atoms with Gasteiger partial charge in [-0.2, -0.15) is 15.0 Å². The Morgan fingerprint density at radius 1 is 1.00 bits per heavy atom. The van der Waals surface area contributed by atoms with Gasteiger partial charge in [-0.15, -0.1) is 0 Å². The second kappa shape index (κ2) is 8.59. The van der Waals surface area contributed by atoms with Crippen LogP contribution in [-0.2, 0) is 13.0 Å². The van der Waals surface area contributed by atoms with E-state index in [-0.39, 0.29) is 11.9 Å². The molecule has 6 N–H and O–H groups in total. The highest BCUT2D eigenvalue weighted by Crippen LogP contribution is 2.19. The highest BCUT2D eigenvalue weighted by Gasteiger charge is 2.20. The SMILES string of the molecule is CCCCc1ccc([C@@H]([NH2+]Cc2nc(N)nc(N)n2)C(C)C)cc1. The average molecular weight is 329 g/mol. The molecule has 0 unspecified atom stereocenters. The highest BCUT2D eigenvalue weighted by molar-refractivity contribution is 5.26. The van der Waals surface area contributed by atoms with E-state index in [1.807, 2.05) is 0 Å². The Morgan fingerprint density at radius 2 is 1.62 bits per heavy atom. The van der Waals surface area contributed by atoms with Gasteiger partial charge in [-0.1, -0.05) is 51.5 Å². The maximum atomic E-state index is 5.64. The third kappa shape index (κ3) is 5.16. The number of nitrogens with zero attached hydrogens (tertiary/aromatic N) is 3. The Hall–Kier alpha value is -2.21. The predicted octanol–water partition coefficient (Wildman–Crippen LogP) is 1.84. The average Bonchev–Trinajstić information content (AvgIpc) is 2.53. The fourth-order valence-electron chi connectivity index (χ4n) is 2.86. The van der Waals surface area contributed by atoms with E-state index in [0.29, 0.717) is 24.3 Å². The van der Waals surface area contributed by atoms with Crippen molar-refractivity contribution in [3.05, 3.63) is 41.2 Å². The number of nitrogens with two attached hydrogens (primary N) is 3. The predicted molar refractivity (Wildman–Crippen MR) is 96.9 cm³/mol. The first-order valence-corrected chi connectivity index (χ1v) is 8.67. The number of unbranched alkanes of at least 4 members (excludes halogenated alkanes) is 1. The maximum Gasteiger partial charge on any atom is 0.225 e. The number of rotatable bonds is 8. The third-order valence-electron chi connectivity index (χ3n) is 4.17. The summed E-state index contributed by atoms with van der Waals surface area (Å²) in [5.74, 6) is 1.45. The molecule has 0 aliphatic carbocycles. The Bertz CT molecular complexity index is 618. The van der Waals surface area contributed by atoms with E-state index in [1.54, 1.807) is 0 Å². The van der Waals surface area contributed by atoms with Crippen LogP contribution in [0.15, 0.2) is 24.3 Å². The number of quaternary nitrogens is 1. The van der Waals surface area contributed by atoms with E-state index in [2.05, 4.69) is 65.3 Å². The number of benzene rings is 1. The maximum absolute atomic E-state index is 5.64. The summed E-state index contributed by atoms with van der Waals surface area (Å²) in [5, 5.41) is 2.24. The molecule has 1 aromatic carbocycles. The molecule has 0 spiro atoms. The minimum atomic E-state index is 0.173. The van der Waals surface area contributed by atoms with Gasteiger partial charge in [-0.3, -0.25) is 0 Å². The monoisotopic (exact) mass is 329 g/mol. The van der Waals surface area contributed by atoms with E-state index in [0.717, 1.165) is 6.42 Å². The van der Waals surface area contributed by atoms with Gasteiger partial charge >= 0.3 is 0 Å². The summed E-state index contributed by atoms with van der Waals surface area (Å²) >= 11 is 0. The zero-order valence-corrected chi connectivity index (χ0v) is 14.9. The summed E-state index contributed by atoms with van der Waals surface area (Å²) in [6, 6.07) is 9.30. The van der Waals surface area contributed by atoms with Crippen LogP contribution in [0.5, 0.6) is 0 Å². The molecule has 0 saturated carbocycles. The van der Waals surface area contributed by atoms with Crippen LogP contribution in [0.2, 0.25) is 0 Å². The molecule has 0 radical (unpaired) electrons. The quantitative estimate of drug-likeness (QED) is 0.685. The smallest absolute Gasteiger partial charge is 0.225 e. The fourth-order valence-corrected chi connectivity index (χ4v) is 2.86. The van der Waals surface area contributed by atoms with E-state index < -0.39 is 0 Å². The van der Waals surface area contributed by atoms with Crippen LogP contribution < -0.4 is 16.8 Å². The summed E-state index contributed by atoms with van der Waals surface area (Å²) in [4.78, 5) is 12.1. The Kier molecular flexibility index (Phi) is 6.49. The molecule has 1 aromatic heterocycles. The molecule has 2 rings (SSSR count). The Balaban J connectivity index is 2.06. The van der Waals surface area contributed by atoms with Crippen molar-refractivity contribution >= 4 is 11.9 Å². The molecule has 0 bridgehead atoms. The standard InChI is InChI=1S/C18H28N6/c1-4-5-6-13-7-9-14(10-8-13)16(12(2)3)21-11-15-22-17(19)24-18(20)23-15/h7-10,12,16,21H,4-6,11H2,1-3H3,(H4,19,20,22,23,24)/p+1/t16-/m0/s1. The number of hydrogen-bond acceptors (Lipinski definition) is 5. The molecule has 0 amide bonds. The summed E-state index contributed by atoms with van der Waals surface area (Å²) in [6.07, 6.45) is 3.61. The molecule has 0 saturated heterocycles. The number of hydrogen-bond donors (Lipinski definition) is 3. The molecular weight excluding hydrogens is 300 g/mol. The van der Waals surface area contributed by atoms with Gasteiger partial charge in [0.05, 0.1) is 0 Å². The minimum Gasteiger partial charge on any atom is -0.368 e. The van der Waals surface area contributed by atoms with Crippen molar-refractivity contribution < 1.29 is 5.32 Å². The van der Waals surface area contributed by atoms with Crippen LogP contribution in [0.3, 0.4) is 0 Å². The Labute approximate surface area is 144 Å². The summed E-state index contributed by atoms with van der Waals surface area (Å²) in [5.41, 5.74) is 14.0. The molecule has 24 heavy (non-hydrogen) atoms. The van der Waals surface area contributed by atoms with Crippen molar-refractivity contribution in [1.82, 2.24) is 15.0 Å². The lowest BCUT2D eigenvalue weighted by atomic mass is 9.94. The van der Waals surface area contributed by atoms with Crippen molar-refractivity contribution in [2.75, 3.05) is 11.5 Å². The lowest BCUT2D eigenvalue weighted by Gasteiger charge is -2.19. The Morgan fingerprint density at radius 3 is 2.17 bits per heavy atom. The van der Waals surface area contributed by atoms with Crippen molar-refractivity contribution in [3.8, 4) is 0 Å². The topological polar surface area (TPSA) is 107 Å². The van der Waals surface area contributed by atoms with Gasteiger partial charge in [-0.25, -0.2) is 0 Å². The third-order valence-corrected chi connectivity index (χ3v) is 4.17. The summed E-state index contributed by atoms with van der Waals surface area (Å²) in [7, 11) is 0. The van der Waals surface area contributed by atoms with Gasteiger partial charge in [0, 0.05) is 11.5 Å². The van der Waals surface area contributed by atoms with Crippen molar-refractivity contribution in [2.45, 2.75) is 52.6 Å². The fraction of sp³-hybridized carbons (Fsp3) is 0.500. The van der Waals surface area contributed by atoms with Crippen molar-refractivity contribution in [2.24, 2.45) is 5.92 Å². The first-order valence-electron chi connectivity index (χ1n) is 8.67. The normalized spacial score (nSPS) is 12.5. The second-order valence-corrected chi connectivity index (χ2v) is 6.52. The van der Waals surface area contributed by atoms with E-state index >= 15 is 0 Å². The highest BCUT2D eigenvalue weighted by atomic mass is 15.2. The van der Waals surface area contributed by atoms with Crippen LogP contribution in [-0.4, -0.2) is 15.0 Å². The molecule has 6 heteroatoms. The zero-order chi connectivity index (χ0) is 17.5. The van der Waals surface area contributed by atoms with Gasteiger partial charge in [0.25, 0.3) is 0 Å². The van der Waals surface area contributed by atoms with Gasteiger partial charge in [0.2, 0.25) is 11.9 Å². The lowest BCUT2D eigenvalue weighted by molar-refractivity contribution is -0.718. The second-order valence-electron chi connectivity index (χ2n) is 6.52. The number of aromatic nitrogens is 3. The van der Waals surface area contributed by atoms with Crippen LogP contribution >= 0.6 is 0 Å². The van der Waals surface area contributed by atoms with Gasteiger partial charge in [0.1, 0.15) is 12.6 Å². The first kappa shape index (κ1) is 18.1.